The first-order chi connectivity index (χ1) is 11.7. The lowest BCUT2D eigenvalue weighted by molar-refractivity contribution is 0.470. The summed E-state index contributed by atoms with van der Waals surface area (Å²) in [5.41, 5.74) is 1.15. The molecular formula is C19H31N5. The second-order valence-corrected chi connectivity index (χ2v) is 6.24. The van der Waals surface area contributed by atoms with E-state index in [1.165, 1.54) is 12.8 Å². The molecule has 0 spiro atoms. The Balaban J connectivity index is 1.93. The van der Waals surface area contributed by atoms with E-state index in [0.29, 0.717) is 6.54 Å². The third-order valence-electron chi connectivity index (χ3n) is 4.25. The van der Waals surface area contributed by atoms with E-state index in [0.717, 1.165) is 56.4 Å². The van der Waals surface area contributed by atoms with Crippen LogP contribution in [0.3, 0.4) is 0 Å². The summed E-state index contributed by atoms with van der Waals surface area (Å²) in [6.07, 6.45) is 8.60. The number of nitrogens with one attached hydrogen (secondary N) is 1. The van der Waals surface area contributed by atoms with Crippen molar-refractivity contribution in [2.45, 2.75) is 39.2 Å². The van der Waals surface area contributed by atoms with Gasteiger partial charge in [0.1, 0.15) is 5.82 Å². The predicted molar refractivity (Wildman–Crippen MR) is 103 cm³/mol. The van der Waals surface area contributed by atoms with Crippen LogP contribution in [0.2, 0.25) is 0 Å². The highest BCUT2D eigenvalue weighted by molar-refractivity contribution is 5.79. The predicted octanol–water partition coefficient (Wildman–Crippen LogP) is 3.05. The molecule has 1 saturated heterocycles. The van der Waals surface area contributed by atoms with Gasteiger partial charge < -0.3 is 15.1 Å². The van der Waals surface area contributed by atoms with E-state index in [4.69, 9.17) is 4.99 Å². The van der Waals surface area contributed by atoms with Crippen LogP contribution in [-0.4, -0.2) is 49.1 Å². The van der Waals surface area contributed by atoms with E-state index in [-0.39, 0.29) is 0 Å². The molecule has 2 heterocycles. The van der Waals surface area contributed by atoms with Crippen molar-refractivity contribution in [1.82, 2.24) is 15.2 Å². The molecule has 24 heavy (non-hydrogen) atoms. The summed E-state index contributed by atoms with van der Waals surface area (Å²) in [5.74, 6) is 2.04. The number of rotatable bonds is 8. The lowest BCUT2D eigenvalue weighted by Gasteiger charge is -2.21. The van der Waals surface area contributed by atoms with Crippen LogP contribution < -0.4 is 10.2 Å². The molecule has 132 valence electrons. The maximum atomic E-state index is 4.74. The van der Waals surface area contributed by atoms with E-state index >= 15 is 0 Å². The molecule has 1 fully saturated rings. The maximum Gasteiger partial charge on any atom is 0.193 e. The normalized spacial score (nSPS) is 14.8. The lowest BCUT2D eigenvalue weighted by Crippen LogP contribution is -2.39. The topological polar surface area (TPSA) is 43.8 Å². The number of unbranched alkanes of at least 4 members (excludes halogenated alkanes) is 1. The van der Waals surface area contributed by atoms with Gasteiger partial charge in [0.25, 0.3) is 0 Å². The van der Waals surface area contributed by atoms with Crippen molar-refractivity contribution < 1.29 is 0 Å². The van der Waals surface area contributed by atoms with Crippen LogP contribution in [0.1, 0.15) is 38.2 Å². The summed E-state index contributed by atoms with van der Waals surface area (Å²) in [6.45, 7) is 10.6. The van der Waals surface area contributed by atoms with E-state index in [1.807, 2.05) is 12.3 Å². The Labute approximate surface area is 146 Å². The van der Waals surface area contributed by atoms with Gasteiger partial charge in [-0.1, -0.05) is 12.1 Å². The number of aliphatic imine (C=N–C) groups is 1. The summed E-state index contributed by atoms with van der Waals surface area (Å²) in [6, 6.07) is 4.27. The van der Waals surface area contributed by atoms with Crippen molar-refractivity contribution in [2.24, 2.45) is 4.99 Å². The van der Waals surface area contributed by atoms with Crippen LogP contribution >= 0.6 is 0 Å². The SMILES string of the molecule is C=CCCCN(C)C(=NCc1ccc(N2CCCC2)nc1)NCC. The average molecular weight is 329 g/mol. The van der Waals surface area contributed by atoms with Gasteiger partial charge in [-0.05, 0) is 44.2 Å². The number of hydrogen-bond acceptors (Lipinski definition) is 3. The second kappa shape index (κ2) is 9.96. The minimum absolute atomic E-state index is 0.654. The molecule has 5 nitrogen and oxygen atoms in total. The Kier molecular flexibility index (Phi) is 7.59. The molecule has 5 heteroatoms. The minimum Gasteiger partial charge on any atom is -0.357 e. The van der Waals surface area contributed by atoms with Crippen LogP contribution in [0, 0.1) is 0 Å². The van der Waals surface area contributed by atoms with Gasteiger partial charge in [0.05, 0.1) is 6.54 Å². The Bertz CT molecular complexity index is 517. The van der Waals surface area contributed by atoms with Gasteiger partial charge in [-0.15, -0.1) is 6.58 Å². The molecule has 0 aliphatic carbocycles. The van der Waals surface area contributed by atoms with Crippen molar-refractivity contribution in [1.29, 1.82) is 0 Å². The van der Waals surface area contributed by atoms with Gasteiger partial charge in [0.15, 0.2) is 5.96 Å². The number of allylic oxidation sites excluding steroid dienone is 1. The van der Waals surface area contributed by atoms with Gasteiger partial charge in [-0.2, -0.15) is 0 Å². The van der Waals surface area contributed by atoms with E-state index in [9.17, 15) is 0 Å². The molecule has 0 atom stereocenters. The molecule has 1 aliphatic heterocycles. The Hall–Kier alpha value is -2.04. The number of pyridine rings is 1. The quantitative estimate of drug-likeness (QED) is 0.345. The molecule has 2 rings (SSSR count). The zero-order chi connectivity index (χ0) is 17.2. The summed E-state index contributed by atoms with van der Waals surface area (Å²) < 4.78 is 0. The fraction of sp³-hybridized carbons (Fsp3) is 0.579. The molecule has 0 saturated carbocycles. The standard InChI is InChI=1S/C19H31N5/c1-4-6-7-12-23(3)19(20-5-2)22-16-17-10-11-18(21-15-17)24-13-8-9-14-24/h4,10-11,15H,1,5-9,12-14,16H2,2-3H3,(H,20,22). The van der Waals surface area contributed by atoms with E-state index in [2.05, 4.69) is 52.8 Å². The monoisotopic (exact) mass is 329 g/mol. The fourth-order valence-electron chi connectivity index (χ4n) is 2.86. The smallest absolute Gasteiger partial charge is 0.193 e. The number of guanidine groups is 1. The Morgan fingerprint density at radius 2 is 2.21 bits per heavy atom. The van der Waals surface area contributed by atoms with Crippen LogP contribution in [-0.2, 0) is 6.54 Å². The average Bonchev–Trinajstić information content (AvgIpc) is 3.14. The number of aromatic nitrogens is 1. The summed E-state index contributed by atoms with van der Waals surface area (Å²) >= 11 is 0. The van der Waals surface area contributed by atoms with Gasteiger partial charge in [0, 0.05) is 39.4 Å². The first-order valence-corrected chi connectivity index (χ1v) is 9.04. The zero-order valence-electron chi connectivity index (χ0n) is 15.2. The summed E-state index contributed by atoms with van der Waals surface area (Å²) in [7, 11) is 2.08. The van der Waals surface area contributed by atoms with Gasteiger partial charge in [-0.25, -0.2) is 9.98 Å². The van der Waals surface area contributed by atoms with E-state index < -0.39 is 0 Å². The molecule has 0 bridgehead atoms. The van der Waals surface area contributed by atoms with Crippen molar-refractivity contribution in [3.8, 4) is 0 Å². The minimum atomic E-state index is 0.654. The highest BCUT2D eigenvalue weighted by Gasteiger charge is 2.13. The summed E-state index contributed by atoms with van der Waals surface area (Å²) in [4.78, 5) is 13.9. The third-order valence-corrected chi connectivity index (χ3v) is 4.25. The molecule has 1 N–H and O–H groups in total. The van der Waals surface area contributed by atoms with Gasteiger partial charge in [-0.3, -0.25) is 0 Å². The van der Waals surface area contributed by atoms with Crippen LogP contribution in [0.5, 0.6) is 0 Å². The number of anilines is 1. The molecule has 0 amide bonds. The van der Waals surface area contributed by atoms with E-state index in [1.54, 1.807) is 0 Å². The molecule has 1 aromatic heterocycles. The van der Waals surface area contributed by atoms with Crippen molar-refractivity contribution in [3.63, 3.8) is 0 Å². The highest BCUT2D eigenvalue weighted by atomic mass is 15.3. The molecule has 1 aliphatic rings. The Morgan fingerprint density at radius 1 is 1.42 bits per heavy atom. The molecule has 0 aromatic carbocycles. The van der Waals surface area contributed by atoms with Gasteiger partial charge in [0.2, 0.25) is 0 Å². The third kappa shape index (κ3) is 5.55. The Morgan fingerprint density at radius 3 is 2.83 bits per heavy atom. The van der Waals surface area contributed by atoms with Crippen LogP contribution in [0.15, 0.2) is 36.0 Å². The first kappa shape index (κ1) is 18.3. The van der Waals surface area contributed by atoms with Gasteiger partial charge >= 0.3 is 0 Å². The van der Waals surface area contributed by atoms with Crippen LogP contribution in [0.4, 0.5) is 5.82 Å². The fourth-order valence-corrected chi connectivity index (χ4v) is 2.86. The largest absolute Gasteiger partial charge is 0.357 e. The van der Waals surface area contributed by atoms with Crippen molar-refractivity contribution in [3.05, 3.63) is 36.5 Å². The highest BCUT2D eigenvalue weighted by Crippen LogP contribution is 2.17. The zero-order valence-corrected chi connectivity index (χ0v) is 15.2. The second-order valence-electron chi connectivity index (χ2n) is 6.24. The van der Waals surface area contributed by atoms with Crippen molar-refractivity contribution in [2.75, 3.05) is 38.1 Å². The number of nitrogens with zero attached hydrogens (tertiary/aromatic N) is 4. The maximum absolute atomic E-state index is 4.74. The molecule has 0 radical (unpaired) electrons. The number of hydrogen-bond donors (Lipinski definition) is 1. The van der Waals surface area contributed by atoms with Crippen LogP contribution in [0.25, 0.3) is 0 Å². The molecule has 0 unspecified atom stereocenters. The molecule has 1 aromatic rings. The van der Waals surface area contributed by atoms with Crippen molar-refractivity contribution >= 4 is 11.8 Å². The first-order valence-electron chi connectivity index (χ1n) is 9.04. The molecular weight excluding hydrogens is 298 g/mol. The summed E-state index contributed by atoms with van der Waals surface area (Å²) in [5, 5.41) is 3.36. The lowest BCUT2D eigenvalue weighted by atomic mass is 10.3.